The summed E-state index contributed by atoms with van der Waals surface area (Å²) in [5.74, 6) is 0. The fourth-order valence-electron chi connectivity index (χ4n) is 5.63. The van der Waals surface area contributed by atoms with Crippen LogP contribution >= 0.6 is 0 Å². The maximum absolute atomic E-state index is 4.63. The summed E-state index contributed by atoms with van der Waals surface area (Å²) in [6.45, 7) is 10.9. The number of aromatic nitrogens is 3. The van der Waals surface area contributed by atoms with Crippen LogP contribution in [0.5, 0.6) is 0 Å². The van der Waals surface area contributed by atoms with Crippen LogP contribution in [0.3, 0.4) is 0 Å². The number of benzene rings is 3. The van der Waals surface area contributed by atoms with E-state index in [4.69, 9.17) is 0 Å². The second kappa shape index (κ2) is 12.6. The topological polar surface area (TPSA) is 38.7 Å². The molecule has 0 spiro atoms. The van der Waals surface area contributed by atoms with E-state index < -0.39 is 0 Å². The Morgan fingerprint density at radius 1 is 0.605 bits per heavy atom. The molecule has 43 heavy (non-hydrogen) atoms. The molecule has 0 saturated carbocycles. The van der Waals surface area contributed by atoms with Gasteiger partial charge in [-0.3, -0.25) is 4.98 Å². The molecule has 6 aromatic rings. The maximum Gasteiger partial charge on any atom is 0.0206 e. The number of hydrogen-bond donors (Lipinski definition) is 0. The summed E-state index contributed by atoms with van der Waals surface area (Å²) in [4.78, 5) is 13.2. The average Bonchev–Trinajstić information content (AvgIpc) is 3.26. The van der Waals surface area contributed by atoms with Crippen molar-refractivity contribution in [3.05, 3.63) is 150 Å². The quantitative estimate of drug-likeness (QED) is 0.170. The van der Waals surface area contributed by atoms with Crippen molar-refractivity contribution >= 4 is 0 Å². The molecule has 4 heteroatoms. The Bertz CT molecular complexity index is 1880. The maximum atomic E-state index is 4.63. The van der Waals surface area contributed by atoms with Gasteiger partial charge in [0.25, 0.3) is 0 Å². The molecule has 3 nitrogen and oxygen atoms in total. The first kappa shape index (κ1) is 30.2. The minimum absolute atomic E-state index is 0. The molecule has 1 aliphatic rings. The van der Waals surface area contributed by atoms with Crippen molar-refractivity contribution in [3.63, 3.8) is 0 Å². The molecular weight excluding hydrogens is 703 g/mol. The molecule has 1 radical (unpaired) electrons. The third-order valence-electron chi connectivity index (χ3n) is 8.26. The molecule has 3 aromatic carbocycles. The number of hydrogen-bond acceptors (Lipinski definition) is 3. The molecule has 0 saturated heterocycles. The third kappa shape index (κ3) is 5.99. The van der Waals surface area contributed by atoms with Crippen LogP contribution in [0.4, 0.5) is 0 Å². The predicted octanol–water partition coefficient (Wildman–Crippen LogP) is 9.39. The van der Waals surface area contributed by atoms with E-state index in [1.807, 2.05) is 24.5 Å². The van der Waals surface area contributed by atoms with Crippen molar-refractivity contribution < 1.29 is 20.1 Å². The minimum Gasteiger partial charge on any atom is -0.320 e. The van der Waals surface area contributed by atoms with E-state index in [1.165, 1.54) is 50.1 Å². The Balaban J connectivity index is 0.000000167. The average molecular weight is 736 g/mol. The van der Waals surface area contributed by atoms with E-state index in [2.05, 4.69) is 134 Å². The van der Waals surface area contributed by atoms with E-state index in [-0.39, 0.29) is 25.5 Å². The molecule has 0 atom stereocenters. The van der Waals surface area contributed by atoms with Crippen LogP contribution in [0.25, 0.3) is 44.8 Å². The molecule has 7 rings (SSSR count). The SMILES string of the molecule is CC1(C)c2ccccc2-c2cnc(-c3[c-]cncc3)cc21.Cc1cnc(-c2[c-]cc(C)c(-c3ccccc3)c2)cc1C.[Ir]. The van der Waals surface area contributed by atoms with Crippen molar-refractivity contribution in [1.29, 1.82) is 0 Å². The Hall–Kier alpha value is -4.24. The Labute approximate surface area is 268 Å². The van der Waals surface area contributed by atoms with Gasteiger partial charge in [0.2, 0.25) is 0 Å². The fourth-order valence-corrected chi connectivity index (χ4v) is 5.63. The minimum atomic E-state index is 0. The molecule has 215 valence electrons. The summed E-state index contributed by atoms with van der Waals surface area (Å²) in [6, 6.07) is 36.1. The van der Waals surface area contributed by atoms with Gasteiger partial charge in [0.05, 0.1) is 0 Å². The summed E-state index contributed by atoms with van der Waals surface area (Å²) in [7, 11) is 0. The number of pyridine rings is 3. The van der Waals surface area contributed by atoms with Gasteiger partial charge in [-0.1, -0.05) is 98.6 Å². The van der Waals surface area contributed by atoms with E-state index in [0.29, 0.717) is 0 Å². The van der Waals surface area contributed by atoms with Gasteiger partial charge in [0.15, 0.2) is 0 Å². The molecule has 0 aliphatic heterocycles. The summed E-state index contributed by atoms with van der Waals surface area (Å²) in [6.07, 6.45) is 7.39. The first-order chi connectivity index (χ1) is 20.3. The summed E-state index contributed by atoms with van der Waals surface area (Å²) in [5, 5.41) is 0. The standard InChI is InChI=1S/C20H18N.C19H15N2.Ir/c1-14-9-10-18(20-11-15(2)16(3)13-21-20)12-19(14)17-7-5-4-6-8-17;1-19(2)16-6-4-3-5-14(16)15-12-21-18(11-17(15)19)13-7-9-20-10-8-13;/h4-9,11-13H,1-3H3;3-7,9-12H,1-2H3;/q2*-1;. The van der Waals surface area contributed by atoms with Crippen molar-refractivity contribution in [2.75, 3.05) is 0 Å². The Kier molecular flexibility index (Phi) is 8.82. The Morgan fingerprint density at radius 3 is 2.07 bits per heavy atom. The van der Waals surface area contributed by atoms with Gasteiger partial charge in [-0.25, -0.2) is 0 Å². The molecule has 0 bridgehead atoms. The second-order valence-electron chi connectivity index (χ2n) is 11.4. The number of rotatable bonds is 3. The van der Waals surface area contributed by atoms with Crippen LogP contribution in [0.2, 0.25) is 0 Å². The summed E-state index contributed by atoms with van der Waals surface area (Å²) < 4.78 is 0. The van der Waals surface area contributed by atoms with E-state index in [9.17, 15) is 0 Å². The molecule has 0 N–H and O–H groups in total. The van der Waals surface area contributed by atoms with Crippen LogP contribution in [-0.4, -0.2) is 15.0 Å². The summed E-state index contributed by atoms with van der Waals surface area (Å²) >= 11 is 0. The monoisotopic (exact) mass is 736 g/mol. The van der Waals surface area contributed by atoms with E-state index in [0.717, 1.165) is 22.5 Å². The largest absolute Gasteiger partial charge is 0.320 e. The summed E-state index contributed by atoms with van der Waals surface area (Å²) in [5.41, 5.74) is 15.4. The zero-order chi connectivity index (χ0) is 29.3. The zero-order valence-electron chi connectivity index (χ0n) is 25.1. The van der Waals surface area contributed by atoms with E-state index >= 15 is 0 Å². The molecule has 0 amide bonds. The van der Waals surface area contributed by atoms with Crippen LogP contribution < -0.4 is 0 Å². The van der Waals surface area contributed by atoms with Gasteiger partial charge < -0.3 is 9.97 Å². The third-order valence-corrected chi connectivity index (χ3v) is 8.26. The van der Waals surface area contributed by atoms with Crippen LogP contribution in [0, 0.1) is 32.9 Å². The van der Waals surface area contributed by atoms with Gasteiger partial charge in [0, 0.05) is 43.5 Å². The molecule has 3 heterocycles. The van der Waals surface area contributed by atoms with Gasteiger partial charge in [-0.15, -0.1) is 35.4 Å². The van der Waals surface area contributed by atoms with Crippen molar-refractivity contribution in [2.24, 2.45) is 0 Å². The van der Waals surface area contributed by atoms with Crippen LogP contribution in [0.15, 0.2) is 110 Å². The normalized spacial score (nSPS) is 12.3. The van der Waals surface area contributed by atoms with Crippen molar-refractivity contribution in [1.82, 2.24) is 15.0 Å². The van der Waals surface area contributed by atoms with Crippen molar-refractivity contribution in [2.45, 2.75) is 40.0 Å². The predicted molar refractivity (Wildman–Crippen MR) is 172 cm³/mol. The first-order valence-electron chi connectivity index (χ1n) is 14.3. The molecular formula is C39H33IrN3-2. The zero-order valence-corrected chi connectivity index (χ0v) is 27.5. The molecule has 1 aliphatic carbocycles. The smallest absolute Gasteiger partial charge is 0.0206 e. The van der Waals surface area contributed by atoms with Crippen LogP contribution in [-0.2, 0) is 25.5 Å². The molecule has 0 unspecified atom stereocenters. The molecule has 3 aromatic heterocycles. The first-order valence-corrected chi connectivity index (χ1v) is 14.3. The number of aryl methyl sites for hydroxylation is 3. The van der Waals surface area contributed by atoms with Gasteiger partial charge in [0.1, 0.15) is 0 Å². The van der Waals surface area contributed by atoms with Gasteiger partial charge in [-0.05, 0) is 65.4 Å². The van der Waals surface area contributed by atoms with Gasteiger partial charge >= 0.3 is 0 Å². The van der Waals surface area contributed by atoms with Gasteiger partial charge in [-0.2, -0.15) is 11.6 Å². The number of nitrogens with zero attached hydrogens (tertiary/aromatic N) is 3. The Morgan fingerprint density at radius 2 is 1.33 bits per heavy atom. The fraction of sp³-hybridized carbons (Fsp3) is 0.154. The molecule has 0 fully saturated rings. The van der Waals surface area contributed by atoms with E-state index in [1.54, 1.807) is 12.4 Å². The number of fused-ring (bicyclic) bond motifs is 3. The second-order valence-corrected chi connectivity index (χ2v) is 11.4. The van der Waals surface area contributed by atoms with Crippen molar-refractivity contribution in [3.8, 4) is 44.8 Å². The van der Waals surface area contributed by atoms with Crippen LogP contribution in [0.1, 0.15) is 41.7 Å².